The number of nitrogens with zero attached hydrogens (tertiary/aromatic N) is 3. The maximum atomic E-state index is 11.6. The maximum Gasteiger partial charge on any atom is 0.338 e. The molecule has 1 aromatic rings. The van der Waals surface area contributed by atoms with Gasteiger partial charge in [-0.05, 0) is 38.6 Å². The Balaban J connectivity index is 2.26. The highest BCUT2D eigenvalue weighted by Gasteiger charge is 2.23. The molecule has 2 heterocycles. The normalized spacial score (nSPS) is 20.6. The van der Waals surface area contributed by atoms with Gasteiger partial charge >= 0.3 is 5.97 Å². The van der Waals surface area contributed by atoms with Crippen molar-refractivity contribution in [3.05, 3.63) is 23.9 Å². The summed E-state index contributed by atoms with van der Waals surface area (Å²) in [7, 11) is 3.56. The average Bonchev–Trinajstić information content (AvgIpc) is 2.67. The fourth-order valence-corrected chi connectivity index (χ4v) is 2.71. The lowest BCUT2D eigenvalue weighted by Gasteiger charge is -2.31. The fourth-order valence-electron chi connectivity index (χ4n) is 2.71. The molecule has 5 heteroatoms. The number of rotatable bonds is 3. The number of esters is 1. The van der Waals surface area contributed by atoms with Crippen LogP contribution in [0.1, 0.15) is 30.1 Å². The second-order valence-electron chi connectivity index (χ2n) is 5.27. The lowest BCUT2D eigenvalue weighted by atomic mass is 10.1. The maximum absolute atomic E-state index is 11.6. The molecule has 1 aromatic heterocycles. The Labute approximate surface area is 120 Å². The number of hydrogen-bond donors (Lipinski definition) is 0. The molecule has 2 rings (SSSR count). The summed E-state index contributed by atoms with van der Waals surface area (Å²) in [4.78, 5) is 20.8. The van der Waals surface area contributed by atoms with Gasteiger partial charge in [0.25, 0.3) is 0 Å². The number of methoxy groups -OCH3 is 1. The highest BCUT2D eigenvalue weighted by molar-refractivity contribution is 5.90. The van der Waals surface area contributed by atoms with Gasteiger partial charge in [0.2, 0.25) is 0 Å². The van der Waals surface area contributed by atoms with Gasteiger partial charge in [-0.15, -0.1) is 0 Å². The monoisotopic (exact) mass is 277 g/mol. The zero-order valence-corrected chi connectivity index (χ0v) is 12.5. The van der Waals surface area contributed by atoms with E-state index in [0.717, 1.165) is 38.3 Å². The van der Waals surface area contributed by atoms with Crippen LogP contribution in [0.2, 0.25) is 0 Å². The summed E-state index contributed by atoms with van der Waals surface area (Å²) in [6.45, 7) is 5.30. The van der Waals surface area contributed by atoms with Crippen molar-refractivity contribution in [2.24, 2.45) is 0 Å². The Morgan fingerprint density at radius 3 is 3.00 bits per heavy atom. The molecule has 0 aromatic carbocycles. The fraction of sp³-hybridized carbons (Fsp3) is 0.600. The van der Waals surface area contributed by atoms with Gasteiger partial charge in [0.15, 0.2) is 0 Å². The third-order valence-corrected chi connectivity index (χ3v) is 3.83. The SMILES string of the molecule is CCC1CN(C)CCCN1c1cc(C(=O)OC)ccn1. The van der Waals surface area contributed by atoms with Crippen LogP contribution >= 0.6 is 0 Å². The molecule has 0 aliphatic carbocycles. The Bertz CT molecular complexity index is 464. The summed E-state index contributed by atoms with van der Waals surface area (Å²) in [5.41, 5.74) is 0.560. The Hall–Kier alpha value is -1.62. The van der Waals surface area contributed by atoms with Crippen molar-refractivity contribution in [3.63, 3.8) is 0 Å². The van der Waals surface area contributed by atoms with Crippen LogP contribution in [0.15, 0.2) is 18.3 Å². The number of likely N-dealkylation sites (N-methyl/N-ethyl adjacent to an activating group) is 1. The van der Waals surface area contributed by atoms with Gasteiger partial charge < -0.3 is 14.5 Å². The van der Waals surface area contributed by atoms with E-state index in [-0.39, 0.29) is 5.97 Å². The van der Waals surface area contributed by atoms with Gasteiger partial charge in [0.1, 0.15) is 5.82 Å². The first kappa shape index (κ1) is 14.8. The minimum atomic E-state index is -0.311. The van der Waals surface area contributed by atoms with E-state index in [1.807, 2.05) is 6.07 Å². The first-order valence-electron chi connectivity index (χ1n) is 7.15. The van der Waals surface area contributed by atoms with Crippen LogP contribution in [0.3, 0.4) is 0 Å². The van der Waals surface area contributed by atoms with Crippen LogP contribution in [0.25, 0.3) is 0 Å². The van der Waals surface area contributed by atoms with Gasteiger partial charge in [-0.1, -0.05) is 6.92 Å². The number of aromatic nitrogens is 1. The van der Waals surface area contributed by atoms with Crippen LogP contribution in [-0.2, 0) is 4.74 Å². The quantitative estimate of drug-likeness (QED) is 0.788. The summed E-state index contributed by atoms with van der Waals surface area (Å²) < 4.78 is 4.78. The minimum absolute atomic E-state index is 0.311. The first-order valence-corrected chi connectivity index (χ1v) is 7.15. The Morgan fingerprint density at radius 1 is 1.50 bits per heavy atom. The van der Waals surface area contributed by atoms with E-state index < -0.39 is 0 Å². The van der Waals surface area contributed by atoms with Gasteiger partial charge in [0.05, 0.1) is 12.7 Å². The highest BCUT2D eigenvalue weighted by Crippen LogP contribution is 2.21. The topological polar surface area (TPSA) is 45.7 Å². The molecule has 5 nitrogen and oxygen atoms in total. The molecule has 20 heavy (non-hydrogen) atoms. The molecule has 1 fully saturated rings. The molecule has 110 valence electrons. The van der Waals surface area contributed by atoms with Crippen LogP contribution in [-0.4, -0.2) is 55.7 Å². The molecule has 1 unspecified atom stereocenters. The van der Waals surface area contributed by atoms with Crippen molar-refractivity contribution in [2.75, 3.05) is 38.7 Å². The van der Waals surface area contributed by atoms with E-state index in [9.17, 15) is 4.79 Å². The third-order valence-electron chi connectivity index (χ3n) is 3.83. The number of anilines is 1. The molecule has 1 aliphatic rings. The zero-order valence-electron chi connectivity index (χ0n) is 12.5. The van der Waals surface area contributed by atoms with Crippen molar-refractivity contribution < 1.29 is 9.53 Å². The van der Waals surface area contributed by atoms with Crippen molar-refractivity contribution in [3.8, 4) is 0 Å². The Kier molecular flexibility index (Phi) is 4.95. The molecule has 1 saturated heterocycles. The molecule has 0 N–H and O–H groups in total. The third kappa shape index (κ3) is 3.28. The van der Waals surface area contributed by atoms with E-state index in [1.165, 1.54) is 7.11 Å². The Morgan fingerprint density at radius 2 is 2.30 bits per heavy atom. The highest BCUT2D eigenvalue weighted by atomic mass is 16.5. The van der Waals surface area contributed by atoms with Gasteiger partial charge in [-0.3, -0.25) is 0 Å². The van der Waals surface area contributed by atoms with E-state index in [2.05, 4.69) is 28.8 Å². The number of carbonyl (C=O) groups excluding carboxylic acids is 1. The summed E-state index contributed by atoms with van der Waals surface area (Å²) in [5.74, 6) is 0.559. The molecule has 0 spiro atoms. The summed E-state index contributed by atoms with van der Waals surface area (Å²) >= 11 is 0. The summed E-state index contributed by atoms with van der Waals surface area (Å²) in [6, 6.07) is 3.96. The number of ether oxygens (including phenoxy) is 1. The van der Waals surface area contributed by atoms with E-state index >= 15 is 0 Å². The number of carbonyl (C=O) groups is 1. The van der Waals surface area contributed by atoms with Crippen LogP contribution in [0.5, 0.6) is 0 Å². The molecule has 1 atom stereocenters. The standard InChI is InChI=1S/C15H23N3O2/c1-4-13-11-17(2)8-5-9-18(13)14-10-12(6-7-16-14)15(19)20-3/h6-7,10,13H,4-5,8-9,11H2,1-3H3. The number of hydrogen-bond acceptors (Lipinski definition) is 5. The van der Waals surface area contributed by atoms with E-state index in [0.29, 0.717) is 11.6 Å². The van der Waals surface area contributed by atoms with E-state index in [4.69, 9.17) is 4.74 Å². The van der Waals surface area contributed by atoms with Crippen molar-refractivity contribution in [2.45, 2.75) is 25.8 Å². The second-order valence-corrected chi connectivity index (χ2v) is 5.27. The lowest BCUT2D eigenvalue weighted by molar-refractivity contribution is 0.0600. The zero-order chi connectivity index (χ0) is 14.5. The van der Waals surface area contributed by atoms with Crippen molar-refractivity contribution in [1.82, 2.24) is 9.88 Å². The van der Waals surface area contributed by atoms with Crippen LogP contribution in [0.4, 0.5) is 5.82 Å². The second kappa shape index (κ2) is 6.70. The first-order chi connectivity index (χ1) is 9.65. The molecule has 0 radical (unpaired) electrons. The van der Waals surface area contributed by atoms with Gasteiger partial charge in [0, 0.05) is 25.3 Å². The molecule has 0 amide bonds. The average molecular weight is 277 g/mol. The van der Waals surface area contributed by atoms with Crippen LogP contribution < -0.4 is 4.90 Å². The lowest BCUT2D eigenvalue weighted by Crippen LogP contribution is -2.40. The molecular weight excluding hydrogens is 254 g/mol. The molecule has 1 aliphatic heterocycles. The summed E-state index contributed by atoms with van der Waals surface area (Å²) in [5, 5.41) is 0. The van der Waals surface area contributed by atoms with Gasteiger partial charge in [-0.25, -0.2) is 9.78 Å². The predicted octanol–water partition coefficient (Wildman–Crippen LogP) is 1.79. The predicted molar refractivity (Wildman–Crippen MR) is 79.1 cm³/mol. The minimum Gasteiger partial charge on any atom is -0.465 e. The number of pyridine rings is 1. The van der Waals surface area contributed by atoms with Crippen LogP contribution in [0, 0.1) is 0 Å². The smallest absolute Gasteiger partial charge is 0.338 e. The molecular formula is C15H23N3O2. The molecule has 0 saturated carbocycles. The van der Waals surface area contributed by atoms with Crippen molar-refractivity contribution in [1.29, 1.82) is 0 Å². The van der Waals surface area contributed by atoms with Gasteiger partial charge in [-0.2, -0.15) is 0 Å². The summed E-state index contributed by atoms with van der Waals surface area (Å²) in [6.07, 6.45) is 3.86. The van der Waals surface area contributed by atoms with E-state index in [1.54, 1.807) is 12.3 Å². The molecule has 0 bridgehead atoms. The van der Waals surface area contributed by atoms with Crippen molar-refractivity contribution >= 4 is 11.8 Å². The largest absolute Gasteiger partial charge is 0.465 e.